The highest BCUT2D eigenvalue weighted by atomic mass is 19.4. The van der Waals surface area contributed by atoms with Gasteiger partial charge in [-0.05, 0) is 81.7 Å². The summed E-state index contributed by atoms with van der Waals surface area (Å²) in [5.41, 5.74) is -0.841. The third-order valence-corrected chi connectivity index (χ3v) is 9.19. The van der Waals surface area contributed by atoms with E-state index in [9.17, 15) is 27.2 Å². The Morgan fingerprint density at radius 2 is 1.78 bits per heavy atom. The van der Waals surface area contributed by atoms with Gasteiger partial charge in [0.05, 0.1) is 17.4 Å². The molecule has 3 amide bonds. The van der Waals surface area contributed by atoms with Crippen LogP contribution in [0.2, 0.25) is 0 Å². The van der Waals surface area contributed by atoms with Gasteiger partial charge in [0.2, 0.25) is 5.76 Å². The fraction of sp³-hybridized carbons (Fsp3) is 0.484. The number of rotatable bonds is 5. The van der Waals surface area contributed by atoms with Crippen LogP contribution in [-0.4, -0.2) is 59.0 Å². The van der Waals surface area contributed by atoms with Crippen molar-refractivity contribution in [2.75, 3.05) is 41.7 Å². The van der Waals surface area contributed by atoms with E-state index in [0.717, 1.165) is 32.2 Å². The molecule has 0 bridgehead atoms. The smallest absolute Gasteiger partial charge is 0.417 e. The molecular formula is C31H35F4N7O3. The van der Waals surface area contributed by atoms with Gasteiger partial charge in [-0.3, -0.25) is 4.79 Å². The third-order valence-electron chi connectivity index (χ3n) is 9.19. The van der Waals surface area contributed by atoms with Gasteiger partial charge in [-0.15, -0.1) is 0 Å². The summed E-state index contributed by atoms with van der Waals surface area (Å²) in [6, 6.07) is 10.2. The number of hydrogen-bond donors (Lipinski definition) is 3. The largest absolute Gasteiger partial charge is 0.437 e. The Balaban J connectivity index is 1.15. The Morgan fingerprint density at radius 3 is 2.51 bits per heavy atom. The first-order valence-electron chi connectivity index (χ1n) is 15.2. The summed E-state index contributed by atoms with van der Waals surface area (Å²) in [6.45, 7) is 4.01. The predicted octanol–water partition coefficient (Wildman–Crippen LogP) is 6.21. The molecule has 45 heavy (non-hydrogen) atoms. The van der Waals surface area contributed by atoms with Crippen molar-refractivity contribution in [2.24, 2.45) is 5.41 Å². The van der Waals surface area contributed by atoms with Gasteiger partial charge in [0.15, 0.2) is 5.69 Å². The Kier molecular flexibility index (Phi) is 8.42. The van der Waals surface area contributed by atoms with Crippen LogP contribution in [0.1, 0.15) is 73.4 Å². The molecule has 2 aromatic heterocycles. The number of alkyl halides is 3. The second kappa shape index (κ2) is 12.3. The predicted molar refractivity (Wildman–Crippen MR) is 158 cm³/mol. The van der Waals surface area contributed by atoms with E-state index in [1.807, 2.05) is 13.0 Å². The number of urea groups is 1. The van der Waals surface area contributed by atoms with Crippen molar-refractivity contribution in [1.29, 1.82) is 0 Å². The van der Waals surface area contributed by atoms with E-state index in [1.54, 1.807) is 28.0 Å². The van der Waals surface area contributed by atoms with Crippen LogP contribution >= 0.6 is 0 Å². The lowest BCUT2D eigenvalue weighted by Crippen LogP contribution is -2.46. The fourth-order valence-corrected chi connectivity index (χ4v) is 6.71. The normalized spacial score (nSPS) is 21.6. The van der Waals surface area contributed by atoms with Gasteiger partial charge in [-0.2, -0.15) is 18.2 Å². The molecule has 240 valence electrons. The van der Waals surface area contributed by atoms with Crippen molar-refractivity contribution >= 4 is 29.5 Å². The molecule has 3 aromatic rings. The molecule has 6 rings (SSSR count). The van der Waals surface area contributed by atoms with E-state index in [0.29, 0.717) is 38.2 Å². The molecule has 3 saturated heterocycles. The second-order valence-electron chi connectivity index (χ2n) is 12.0. The number of likely N-dealkylation sites (tertiary alicyclic amines) is 1. The van der Waals surface area contributed by atoms with Crippen LogP contribution in [-0.2, 0) is 6.18 Å². The number of pyridine rings is 1. The number of amides is 3. The van der Waals surface area contributed by atoms with E-state index in [1.165, 1.54) is 18.2 Å². The highest BCUT2D eigenvalue weighted by Crippen LogP contribution is 2.48. The first-order valence-corrected chi connectivity index (χ1v) is 15.2. The lowest BCUT2D eigenvalue weighted by Gasteiger charge is -2.42. The minimum absolute atomic E-state index is 0.0629. The van der Waals surface area contributed by atoms with Crippen molar-refractivity contribution in [1.82, 2.24) is 20.2 Å². The topological polar surface area (TPSA) is 116 Å². The molecular weight excluding hydrogens is 594 g/mol. The van der Waals surface area contributed by atoms with E-state index < -0.39 is 29.4 Å². The van der Waals surface area contributed by atoms with Crippen molar-refractivity contribution in [3.63, 3.8) is 0 Å². The van der Waals surface area contributed by atoms with Gasteiger partial charge in [-0.25, -0.2) is 14.2 Å². The molecule has 2 atom stereocenters. The molecule has 3 aliphatic rings. The molecule has 14 heteroatoms. The molecule has 0 radical (unpaired) electrons. The van der Waals surface area contributed by atoms with E-state index >= 15 is 0 Å². The summed E-state index contributed by atoms with van der Waals surface area (Å²) < 4.78 is 61.2. The molecule has 3 aliphatic heterocycles. The van der Waals surface area contributed by atoms with Gasteiger partial charge in [0, 0.05) is 25.7 Å². The maximum Gasteiger partial charge on any atom is 0.437 e. The Bertz CT molecular complexity index is 1550. The van der Waals surface area contributed by atoms with Crippen LogP contribution in [0.5, 0.6) is 0 Å². The van der Waals surface area contributed by atoms with Crippen molar-refractivity contribution in [3.8, 4) is 0 Å². The summed E-state index contributed by atoms with van der Waals surface area (Å²) in [5.74, 6) is -2.41. The van der Waals surface area contributed by atoms with E-state index in [4.69, 9.17) is 4.42 Å². The first kappa shape index (κ1) is 30.8. The van der Waals surface area contributed by atoms with E-state index in [2.05, 4.69) is 25.9 Å². The number of piperidine rings is 2. The highest BCUT2D eigenvalue weighted by molar-refractivity contribution is 6.02. The number of nitrogens with one attached hydrogen (secondary N) is 3. The number of carbonyl (C=O) groups excluding carboxylic acids is 2. The van der Waals surface area contributed by atoms with Crippen molar-refractivity contribution in [3.05, 3.63) is 65.4 Å². The number of hydrogen-bond acceptors (Lipinski definition) is 7. The van der Waals surface area contributed by atoms with Crippen LogP contribution in [0.3, 0.4) is 0 Å². The van der Waals surface area contributed by atoms with Gasteiger partial charge in [0.25, 0.3) is 11.9 Å². The SMILES string of the molecule is CC1CCCCN1c1nc(C(F)(F)F)c(C(=O)Nc2cccc(C3NCCC34CCN(C(=O)Nc3ccccc3F)CC4)n2)o1. The standard InChI is InChI=1S/C31H35F4N7O3/c1-19-7-4-5-16-42(19)29-40-26(31(33,34)35)24(45-29)27(43)39-23-11-6-10-22(37-23)25-30(12-15-36-25)13-17-41(18-14-30)28(44)38-21-9-3-2-8-20(21)32/h2-3,6,8-11,19,25,36H,4-5,7,12-18H2,1H3,(H,38,44)(H,37,39,43). The summed E-state index contributed by atoms with van der Waals surface area (Å²) in [7, 11) is 0. The van der Waals surface area contributed by atoms with Crippen molar-refractivity contribution in [2.45, 2.75) is 63.7 Å². The number of oxazole rings is 1. The third kappa shape index (κ3) is 6.33. The summed E-state index contributed by atoms with van der Waals surface area (Å²) in [5, 5.41) is 8.60. The zero-order valence-electron chi connectivity index (χ0n) is 24.8. The number of para-hydroxylation sites is 1. The van der Waals surface area contributed by atoms with Crippen LogP contribution in [0, 0.1) is 11.2 Å². The minimum Gasteiger partial charge on any atom is -0.417 e. The number of anilines is 3. The molecule has 0 saturated carbocycles. The van der Waals surface area contributed by atoms with Crippen LogP contribution < -0.4 is 20.9 Å². The lowest BCUT2D eigenvalue weighted by atomic mass is 9.71. The van der Waals surface area contributed by atoms with Crippen LogP contribution in [0.4, 0.5) is 39.9 Å². The summed E-state index contributed by atoms with van der Waals surface area (Å²) >= 11 is 0. The molecule has 3 fully saturated rings. The second-order valence-corrected chi connectivity index (χ2v) is 12.0. The van der Waals surface area contributed by atoms with Crippen LogP contribution in [0.15, 0.2) is 46.9 Å². The summed E-state index contributed by atoms with van der Waals surface area (Å²) in [6.07, 6.45) is -0.177. The van der Waals surface area contributed by atoms with Gasteiger partial charge < -0.3 is 30.2 Å². The van der Waals surface area contributed by atoms with Crippen molar-refractivity contribution < 1.29 is 31.6 Å². The number of halogens is 4. The zero-order valence-corrected chi connectivity index (χ0v) is 24.8. The average Bonchev–Trinajstić information content (AvgIpc) is 3.65. The molecule has 2 unspecified atom stereocenters. The maximum absolute atomic E-state index is 14.0. The average molecular weight is 630 g/mol. The monoisotopic (exact) mass is 629 g/mol. The quantitative estimate of drug-likeness (QED) is 0.288. The summed E-state index contributed by atoms with van der Waals surface area (Å²) in [4.78, 5) is 37.6. The first-order chi connectivity index (χ1) is 21.5. The zero-order chi connectivity index (χ0) is 31.8. The molecule has 10 nitrogen and oxygen atoms in total. The molecule has 3 N–H and O–H groups in total. The van der Waals surface area contributed by atoms with Gasteiger partial charge in [-0.1, -0.05) is 18.2 Å². The number of nitrogens with zero attached hydrogens (tertiary/aromatic N) is 4. The molecule has 1 spiro atoms. The molecule has 5 heterocycles. The van der Waals surface area contributed by atoms with Gasteiger partial charge >= 0.3 is 12.2 Å². The van der Waals surface area contributed by atoms with Crippen LogP contribution in [0.25, 0.3) is 0 Å². The molecule has 0 aliphatic carbocycles. The van der Waals surface area contributed by atoms with E-state index in [-0.39, 0.29) is 41.0 Å². The Labute approximate surface area is 257 Å². The molecule has 1 aromatic carbocycles. The minimum atomic E-state index is -4.89. The number of benzene rings is 1. The van der Waals surface area contributed by atoms with Gasteiger partial charge in [0.1, 0.15) is 11.6 Å². The maximum atomic E-state index is 14.0. The Morgan fingerprint density at radius 1 is 1.00 bits per heavy atom. The Hall–Kier alpha value is -4.20. The lowest BCUT2D eigenvalue weighted by molar-refractivity contribution is -0.141. The number of carbonyl (C=O) groups is 2. The highest BCUT2D eigenvalue weighted by Gasteiger charge is 2.47. The fourth-order valence-electron chi connectivity index (χ4n) is 6.71. The number of aromatic nitrogens is 2.